The van der Waals surface area contributed by atoms with Crippen LogP contribution in [0.2, 0.25) is 0 Å². The van der Waals surface area contributed by atoms with Crippen molar-refractivity contribution >= 4 is 38.8 Å². The van der Waals surface area contributed by atoms with Gasteiger partial charge in [-0.05, 0) is 43.5 Å². The maximum Gasteiger partial charge on any atom is 0.320 e. The van der Waals surface area contributed by atoms with E-state index in [-0.39, 0.29) is 17.7 Å². The molecule has 35 heavy (non-hydrogen) atoms. The first-order valence-corrected chi connectivity index (χ1v) is 12.2. The van der Waals surface area contributed by atoms with E-state index in [4.69, 9.17) is 14.2 Å². The predicted octanol–water partition coefficient (Wildman–Crippen LogP) is 2.87. The lowest BCUT2D eigenvalue weighted by Crippen LogP contribution is -2.32. The fraction of sp³-hybridized carbons (Fsp3) is 0.320. The second-order valence-corrected chi connectivity index (χ2v) is 9.86. The van der Waals surface area contributed by atoms with Crippen molar-refractivity contribution in [3.8, 4) is 0 Å². The van der Waals surface area contributed by atoms with Crippen LogP contribution >= 0.6 is 0 Å². The molecular weight excluding hydrogens is 474 g/mol. The van der Waals surface area contributed by atoms with Gasteiger partial charge in [0.05, 0.1) is 37.7 Å². The van der Waals surface area contributed by atoms with Crippen LogP contribution < -0.4 is 0 Å². The minimum absolute atomic E-state index is 0.0219. The largest absolute Gasteiger partial charge is 0.469 e. The summed E-state index contributed by atoms with van der Waals surface area (Å²) in [6.07, 6.45) is 1.26. The van der Waals surface area contributed by atoms with Crippen molar-refractivity contribution in [2.75, 3.05) is 21.3 Å². The van der Waals surface area contributed by atoms with Crippen molar-refractivity contribution in [2.24, 2.45) is 11.8 Å². The van der Waals surface area contributed by atoms with Gasteiger partial charge in [-0.25, -0.2) is 12.4 Å². The lowest BCUT2D eigenvalue weighted by Gasteiger charge is -2.19. The van der Waals surface area contributed by atoms with Gasteiger partial charge in [0.25, 0.3) is 10.0 Å². The standard InChI is InChI=1S/C25H27NO8S/c1-16-9-11-19(12-10-16)35(30,31)26-15-18(20-7-5-6-8-22(20)26)13-17(23(27)32-2)14-21(24(28)33-3)25(29)34-4/h5-12,15,17,21H,13-14H2,1-4H3. The lowest BCUT2D eigenvalue weighted by atomic mass is 9.89. The molecule has 0 N–H and O–H groups in total. The summed E-state index contributed by atoms with van der Waals surface area (Å²) in [5.41, 5.74) is 1.90. The number of hydrogen-bond donors (Lipinski definition) is 0. The number of fused-ring (bicyclic) bond motifs is 1. The first kappa shape index (κ1) is 26.0. The molecule has 3 aromatic rings. The van der Waals surface area contributed by atoms with E-state index >= 15 is 0 Å². The second kappa shape index (κ2) is 10.7. The van der Waals surface area contributed by atoms with Crippen LogP contribution in [0.1, 0.15) is 17.5 Å². The molecule has 0 bridgehead atoms. The summed E-state index contributed by atoms with van der Waals surface area (Å²) in [4.78, 5) is 37.1. The minimum Gasteiger partial charge on any atom is -0.469 e. The van der Waals surface area contributed by atoms with Crippen LogP contribution in [0.5, 0.6) is 0 Å². The number of para-hydroxylation sites is 1. The van der Waals surface area contributed by atoms with Gasteiger partial charge in [-0.3, -0.25) is 14.4 Å². The van der Waals surface area contributed by atoms with E-state index in [0.717, 1.165) is 19.8 Å². The van der Waals surface area contributed by atoms with Crippen LogP contribution in [-0.4, -0.2) is 51.6 Å². The number of methoxy groups -OCH3 is 3. The molecule has 1 atom stereocenters. The van der Waals surface area contributed by atoms with Gasteiger partial charge >= 0.3 is 17.9 Å². The van der Waals surface area contributed by atoms with E-state index in [1.165, 1.54) is 29.4 Å². The van der Waals surface area contributed by atoms with Gasteiger partial charge in [0.2, 0.25) is 0 Å². The summed E-state index contributed by atoms with van der Waals surface area (Å²) in [6, 6.07) is 13.4. The Kier molecular flexibility index (Phi) is 7.96. The molecule has 2 aromatic carbocycles. The van der Waals surface area contributed by atoms with Crippen molar-refractivity contribution in [3.05, 3.63) is 65.9 Å². The molecule has 0 aliphatic carbocycles. The van der Waals surface area contributed by atoms with Gasteiger partial charge in [0.1, 0.15) is 0 Å². The molecule has 10 heteroatoms. The van der Waals surface area contributed by atoms with E-state index < -0.39 is 39.8 Å². The molecule has 0 radical (unpaired) electrons. The number of esters is 3. The number of aryl methyl sites for hydroxylation is 1. The number of carbonyl (C=O) groups excluding carboxylic acids is 3. The van der Waals surface area contributed by atoms with Crippen LogP contribution in [0.15, 0.2) is 59.6 Å². The van der Waals surface area contributed by atoms with E-state index in [2.05, 4.69) is 0 Å². The number of rotatable bonds is 9. The molecule has 0 saturated carbocycles. The Morgan fingerprint density at radius 2 is 1.43 bits per heavy atom. The molecule has 0 spiro atoms. The van der Waals surface area contributed by atoms with Gasteiger partial charge in [0, 0.05) is 11.6 Å². The van der Waals surface area contributed by atoms with Crippen LogP contribution in [0.4, 0.5) is 0 Å². The van der Waals surface area contributed by atoms with Crippen molar-refractivity contribution < 1.29 is 37.0 Å². The third-order valence-electron chi connectivity index (χ3n) is 5.83. The smallest absolute Gasteiger partial charge is 0.320 e. The van der Waals surface area contributed by atoms with Crippen molar-refractivity contribution in [1.82, 2.24) is 3.97 Å². The topological polar surface area (TPSA) is 118 Å². The molecule has 9 nitrogen and oxygen atoms in total. The van der Waals surface area contributed by atoms with Crippen molar-refractivity contribution in [3.63, 3.8) is 0 Å². The van der Waals surface area contributed by atoms with E-state index in [1.807, 2.05) is 6.92 Å². The van der Waals surface area contributed by atoms with Gasteiger partial charge in [-0.2, -0.15) is 0 Å². The Hall–Kier alpha value is -3.66. The molecule has 186 valence electrons. The Bertz CT molecular complexity index is 1330. The zero-order chi connectivity index (χ0) is 25.8. The molecule has 0 fully saturated rings. The second-order valence-electron chi connectivity index (χ2n) is 8.04. The Morgan fingerprint density at radius 3 is 2.00 bits per heavy atom. The summed E-state index contributed by atoms with van der Waals surface area (Å²) in [6.45, 7) is 1.86. The highest BCUT2D eigenvalue weighted by molar-refractivity contribution is 7.90. The maximum absolute atomic E-state index is 13.4. The monoisotopic (exact) mass is 501 g/mol. The molecule has 0 aliphatic heterocycles. The summed E-state index contributed by atoms with van der Waals surface area (Å²) < 4.78 is 42.4. The third kappa shape index (κ3) is 5.37. The summed E-state index contributed by atoms with van der Waals surface area (Å²) in [5, 5.41) is 0.616. The summed E-state index contributed by atoms with van der Waals surface area (Å²) in [7, 11) is -0.461. The first-order valence-electron chi connectivity index (χ1n) is 10.8. The average molecular weight is 502 g/mol. The van der Waals surface area contributed by atoms with E-state index in [1.54, 1.807) is 36.4 Å². The number of ether oxygens (including phenoxy) is 3. The van der Waals surface area contributed by atoms with Gasteiger partial charge < -0.3 is 14.2 Å². The van der Waals surface area contributed by atoms with Crippen molar-refractivity contribution in [1.29, 1.82) is 0 Å². The number of carbonyl (C=O) groups is 3. The van der Waals surface area contributed by atoms with E-state index in [0.29, 0.717) is 16.5 Å². The Morgan fingerprint density at radius 1 is 0.857 bits per heavy atom. The van der Waals surface area contributed by atoms with Crippen LogP contribution in [-0.2, 0) is 45.0 Å². The Labute approximate surface area is 203 Å². The van der Waals surface area contributed by atoms with Crippen LogP contribution in [0.3, 0.4) is 0 Å². The van der Waals surface area contributed by atoms with Crippen LogP contribution in [0.25, 0.3) is 10.9 Å². The van der Waals surface area contributed by atoms with Gasteiger partial charge in [-0.1, -0.05) is 35.9 Å². The average Bonchev–Trinajstić information content (AvgIpc) is 3.24. The SMILES string of the molecule is COC(=O)C(Cc1cn(S(=O)(=O)c2ccc(C)cc2)c2ccccc12)CC(C(=O)OC)C(=O)OC. The highest BCUT2D eigenvalue weighted by atomic mass is 32.2. The molecule has 0 aliphatic rings. The number of benzene rings is 2. The molecule has 1 aromatic heterocycles. The van der Waals surface area contributed by atoms with Crippen LogP contribution in [0, 0.1) is 18.8 Å². The van der Waals surface area contributed by atoms with Gasteiger partial charge in [0.15, 0.2) is 5.92 Å². The summed E-state index contributed by atoms with van der Waals surface area (Å²) in [5.74, 6) is -4.60. The molecule has 3 rings (SSSR count). The number of hydrogen-bond acceptors (Lipinski definition) is 8. The van der Waals surface area contributed by atoms with E-state index in [9.17, 15) is 22.8 Å². The maximum atomic E-state index is 13.4. The zero-order valence-corrected chi connectivity index (χ0v) is 20.7. The number of nitrogens with zero attached hydrogens (tertiary/aromatic N) is 1. The molecule has 1 unspecified atom stereocenters. The Balaban J connectivity index is 2.06. The molecule has 0 saturated heterocycles. The fourth-order valence-corrected chi connectivity index (χ4v) is 5.35. The fourth-order valence-electron chi connectivity index (χ4n) is 3.96. The normalized spacial score (nSPS) is 12.4. The first-order chi connectivity index (χ1) is 16.6. The highest BCUT2D eigenvalue weighted by Gasteiger charge is 2.35. The predicted molar refractivity (Wildman–Crippen MR) is 127 cm³/mol. The molecular formula is C25H27NO8S. The molecule has 1 heterocycles. The summed E-state index contributed by atoms with van der Waals surface area (Å²) >= 11 is 0. The van der Waals surface area contributed by atoms with Gasteiger partial charge in [-0.15, -0.1) is 0 Å². The third-order valence-corrected chi connectivity index (χ3v) is 7.52. The highest BCUT2D eigenvalue weighted by Crippen LogP contribution is 2.30. The number of aromatic nitrogens is 1. The minimum atomic E-state index is -3.93. The quantitative estimate of drug-likeness (QED) is 0.250. The molecule has 0 amide bonds. The van der Waals surface area contributed by atoms with Crippen molar-refractivity contribution in [2.45, 2.75) is 24.7 Å². The zero-order valence-electron chi connectivity index (χ0n) is 19.9. The lowest BCUT2D eigenvalue weighted by molar-refractivity contribution is -0.160.